The van der Waals surface area contributed by atoms with E-state index in [4.69, 9.17) is 0 Å². The first-order valence-electron chi connectivity index (χ1n) is 10.7. The number of amides is 1. The van der Waals surface area contributed by atoms with Crippen LogP contribution in [0.25, 0.3) is 0 Å². The van der Waals surface area contributed by atoms with Gasteiger partial charge >= 0.3 is 6.18 Å². The predicted molar refractivity (Wildman–Crippen MR) is 112 cm³/mol. The SMILES string of the molecule is C[C@@H](NC(=O)[C@@H]1[C@@H](CO)[C@@H]2Cn3c(cccc3=O)[C@@H]2N1CCC(F)(F)F)c1ccccc1. The Morgan fingerprint density at radius 3 is 2.56 bits per heavy atom. The predicted octanol–water partition coefficient (Wildman–Crippen LogP) is 2.64. The van der Waals surface area contributed by atoms with E-state index in [0.717, 1.165) is 5.56 Å². The Morgan fingerprint density at radius 1 is 1.19 bits per heavy atom. The lowest BCUT2D eigenvalue weighted by Crippen LogP contribution is -2.49. The Bertz CT molecular complexity index is 1020. The van der Waals surface area contributed by atoms with Gasteiger partial charge in [-0.3, -0.25) is 14.5 Å². The molecule has 2 aliphatic rings. The van der Waals surface area contributed by atoms with E-state index < -0.39 is 36.5 Å². The summed E-state index contributed by atoms with van der Waals surface area (Å²) >= 11 is 0. The van der Waals surface area contributed by atoms with Crippen LogP contribution in [0.4, 0.5) is 13.2 Å². The van der Waals surface area contributed by atoms with Crippen LogP contribution in [-0.2, 0) is 11.3 Å². The summed E-state index contributed by atoms with van der Waals surface area (Å²) in [5.41, 5.74) is 1.23. The second-order valence-corrected chi connectivity index (χ2v) is 8.54. The normalized spacial score (nSPS) is 25.9. The maximum absolute atomic E-state index is 13.3. The van der Waals surface area contributed by atoms with Crippen molar-refractivity contribution >= 4 is 5.91 Å². The largest absolute Gasteiger partial charge is 0.396 e. The Hall–Kier alpha value is -2.65. The second kappa shape index (κ2) is 8.71. The van der Waals surface area contributed by atoms with Crippen molar-refractivity contribution in [2.24, 2.45) is 11.8 Å². The summed E-state index contributed by atoms with van der Waals surface area (Å²) in [6, 6.07) is 12.2. The number of aliphatic hydroxyl groups excluding tert-OH is 1. The zero-order valence-corrected chi connectivity index (χ0v) is 17.6. The lowest BCUT2D eigenvalue weighted by molar-refractivity contribution is -0.143. The first-order valence-corrected chi connectivity index (χ1v) is 10.7. The van der Waals surface area contributed by atoms with Crippen LogP contribution in [0.5, 0.6) is 0 Å². The molecule has 2 aromatic rings. The van der Waals surface area contributed by atoms with Gasteiger partial charge < -0.3 is 15.0 Å². The summed E-state index contributed by atoms with van der Waals surface area (Å²) in [6.07, 6.45) is -5.47. The van der Waals surface area contributed by atoms with Crippen molar-refractivity contribution in [3.63, 3.8) is 0 Å². The highest BCUT2D eigenvalue weighted by Gasteiger charge is 2.55. The van der Waals surface area contributed by atoms with Crippen molar-refractivity contribution < 1.29 is 23.1 Å². The number of likely N-dealkylation sites (tertiary alicyclic amines) is 1. The van der Waals surface area contributed by atoms with Gasteiger partial charge in [0.2, 0.25) is 5.91 Å². The van der Waals surface area contributed by atoms with E-state index in [1.165, 1.54) is 11.0 Å². The van der Waals surface area contributed by atoms with Crippen molar-refractivity contribution in [1.29, 1.82) is 0 Å². The number of nitrogens with zero attached hydrogens (tertiary/aromatic N) is 2. The molecular formula is C23H26F3N3O3. The van der Waals surface area contributed by atoms with Crippen LogP contribution in [0, 0.1) is 11.8 Å². The van der Waals surface area contributed by atoms with E-state index in [1.54, 1.807) is 16.7 Å². The second-order valence-electron chi connectivity index (χ2n) is 8.54. The lowest BCUT2D eigenvalue weighted by Gasteiger charge is -2.32. The van der Waals surface area contributed by atoms with E-state index in [9.17, 15) is 27.9 Å². The van der Waals surface area contributed by atoms with Gasteiger partial charge in [0, 0.05) is 43.3 Å². The number of pyridine rings is 1. The fourth-order valence-electron chi connectivity index (χ4n) is 5.20. The van der Waals surface area contributed by atoms with Gasteiger partial charge in [-0.2, -0.15) is 13.2 Å². The highest BCUT2D eigenvalue weighted by atomic mass is 19.4. The van der Waals surface area contributed by atoms with Gasteiger partial charge in [-0.15, -0.1) is 0 Å². The number of halogens is 3. The molecule has 0 aliphatic carbocycles. The fraction of sp³-hybridized carbons (Fsp3) is 0.478. The Balaban J connectivity index is 1.66. The summed E-state index contributed by atoms with van der Waals surface area (Å²) in [4.78, 5) is 27.2. The van der Waals surface area contributed by atoms with Gasteiger partial charge in [0.15, 0.2) is 0 Å². The molecule has 0 unspecified atom stereocenters. The van der Waals surface area contributed by atoms with E-state index in [1.807, 2.05) is 37.3 Å². The molecule has 32 heavy (non-hydrogen) atoms. The third kappa shape index (κ3) is 4.19. The molecule has 6 nitrogen and oxygen atoms in total. The Morgan fingerprint density at radius 2 is 1.91 bits per heavy atom. The molecule has 2 aliphatic heterocycles. The molecule has 3 heterocycles. The highest BCUT2D eigenvalue weighted by molar-refractivity contribution is 5.83. The molecule has 0 bridgehead atoms. The van der Waals surface area contributed by atoms with E-state index in [-0.39, 0.29) is 37.2 Å². The topological polar surface area (TPSA) is 74.6 Å². The number of rotatable bonds is 6. The van der Waals surface area contributed by atoms with Gasteiger partial charge in [0.1, 0.15) is 0 Å². The minimum Gasteiger partial charge on any atom is -0.396 e. The van der Waals surface area contributed by atoms with Crippen LogP contribution in [0.15, 0.2) is 53.3 Å². The standard InChI is InChI=1S/C23H26F3N3O3/c1-14(15-6-3-2-4-7-15)27-22(32)21-17(13-30)16-12-29-18(8-5-9-19(29)31)20(16)28(21)11-10-23(24,25)26/h2-9,14,16-17,20-21,30H,10-13H2,1H3,(H,27,32)/t14-,16+,17+,20-,21+/m1/s1. The summed E-state index contributed by atoms with van der Waals surface area (Å²) in [5, 5.41) is 13.1. The smallest absolute Gasteiger partial charge is 0.390 e. The molecule has 172 valence electrons. The minimum absolute atomic E-state index is 0.233. The molecule has 1 aromatic heterocycles. The van der Waals surface area contributed by atoms with Gasteiger partial charge in [0.05, 0.1) is 24.5 Å². The molecule has 0 radical (unpaired) electrons. The molecule has 1 saturated heterocycles. The highest BCUT2D eigenvalue weighted by Crippen LogP contribution is 2.49. The van der Waals surface area contributed by atoms with Crippen LogP contribution in [0.1, 0.15) is 36.7 Å². The quantitative estimate of drug-likeness (QED) is 0.711. The van der Waals surface area contributed by atoms with Crippen molar-refractivity contribution in [2.75, 3.05) is 13.2 Å². The van der Waals surface area contributed by atoms with Crippen molar-refractivity contribution in [1.82, 2.24) is 14.8 Å². The summed E-state index contributed by atoms with van der Waals surface area (Å²) in [7, 11) is 0. The number of nitrogens with one attached hydrogen (secondary N) is 1. The van der Waals surface area contributed by atoms with Gasteiger partial charge in [-0.05, 0) is 18.6 Å². The Labute approximate surface area is 183 Å². The van der Waals surface area contributed by atoms with Gasteiger partial charge in [-0.25, -0.2) is 0 Å². The number of benzene rings is 1. The summed E-state index contributed by atoms with van der Waals surface area (Å²) in [5.74, 6) is -1.33. The molecule has 4 rings (SSSR count). The molecule has 1 amide bonds. The average molecular weight is 449 g/mol. The molecule has 1 fully saturated rings. The molecule has 9 heteroatoms. The number of carbonyl (C=O) groups is 1. The van der Waals surface area contributed by atoms with Crippen LogP contribution >= 0.6 is 0 Å². The van der Waals surface area contributed by atoms with E-state index in [2.05, 4.69) is 5.32 Å². The monoisotopic (exact) mass is 449 g/mol. The van der Waals surface area contributed by atoms with Crippen molar-refractivity contribution in [3.05, 3.63) is 70.1 Å². The van der Waals surface area contributed by atoms with Gasteiger partial charge in [-0.1, -0.05) is 36.4 Å². The Kier molecular flexibility index (Phi) is 6.13. The molecule has 0 spiro atoms. The van der Waals surface area contributed by atoms with Crippen LogP contribution in [0.2, 0.25) is 0 Å². The van der Waals surface area contributed by atoms with Crippen LogP contribution in [-0.4, -0.2) is 45.9 Å². The van der Waals surface area contributed by atoms with E-state index >= 15 is 0 Å². The third-order valence-corrected chi connectivity index (χ3v) is 6.65. The maximum atomic E-state index is 13.3. The van der Waals surface area contributed by atoms with Crippen molar-refractivity contribution in [3.8, 4) is 0 Å². The summed E-state index contributed by atoms with van der Waals surface area (Å²) < 4.78 is 40.9. The van der Waals surface area contributed by atoms with Crippen LogP contribution < -0.4 is 10.9 Å². The third-order valence-electron chi connectivity index (χ3n) is 6.65. The minimum atomic E-state index is -4.39. The molecule has 2 N–H and O–H groups in total. The molecule has 5 atom stereocenters. The number of aliphatic hydroxyl groups is 1. The first kappa shape index (κ1) is 22.5. The number of hydrogen-bond donors (Lipinski definition) is 2. The fourth-order valence-corrected chi connectivity index (χ4v) is 5.20. The zero-order chi connectivity index (χ0) is 23.0. The number of hydrogen-bond acceptors (Lipinski definition) is 4. The number of carbonyl (C=O) groups excluding carboxylic acids is 1. The van der Waals surface area contributed by atoms with E-state index in [0.29, 0.717) is 5.69 Å². The number of aromatic nitrogens is 1. The lowest BCUT2D eigenvalue weighted by atomic mass is 9.88. The number of alkyl halides is 3. The number of fused-ring (bicyclic) bond motifs is 3. The maximum Gasteiger partial charge on any atom is 0.390 e. The zero-order valence-electron chi connectivity index (χ0n) is 17.6. The first-order chi connectivity index (χ1) is 15.2. The average Bonchev–Trinajstić information content (AvgIpc) is 3.27. The van der Waals surface area contributed by atoms with Crippen molar-refractivity contribution in [2.45, 2.75) is 44.2 Å². The molecule has 0 saturated carbocycles. The summed E-state index contributed by atoms with van der Waals surface area (Å²) in [6.45, 7) is 1.34. The van der Waals surface area contributed by atoms with Crippen LogP contribution in [0.3, 0.4) is 0 Å². The molecular weight excluding hydrogens is 423 g/mol. The molecule has 1 aromatic carbocycles. The van der Waals surface area contributed by atoms with Gasteiger partial charge in [0.25, 0.3) is 5.56 Å².